The summed E-state index contributed by atoms with van der Waals surface area (Å²) < 4.78 is 0. The number of nitrogens with two attached hydrogens (primary N) is 1. The van der Waals surface area contributed by atoms with Gasteiger partial charge < -0.3 is 10.8 Å². The molecule has 2 nitrogen and oxygen atoms in total. The minimum absolute atomic E-state index is 0.0924. The fraction of sp³-hybridized carbons (Fsp3) is 1.00. The van der Waals surface area contributed by atoms with Crippen molar-refractivity contribution in [3.8, 4) is 0 Å². The lowest BCUT2D eigenvalue weighted by molar-refractivity contribution is -0.129. The van der Waals surface area contributed by atoms with Crippen molar-refractivity contribution in [2.45, 2.75) is 51.6 Å². The van der Waals surface area contributed by atoms with E-state index in [1.165, 1.54) is 25.7 Å². The molecule has 3 N–H and O–H groups in total. The zero-order valence-corrected chi connectivity index (χ0v) is 8.55. The Kier molecular flexibility index (Phi) is 2.16. The molecular weight excluding hydrogens is 162 g/mol. The summed E-state index contributed by atoms with van der Waals surface area (Å²) in [6, 6.07) is 0. The monoisotopic (exact) mass is 183 g/mol. The molecule has 0 aromatic carbocycles. The molecule has 0 spiro atoms. The van der Waals surface area contributed by atoms with E-state index in [0.29, 0.717) is 6.54 Å². The van der Waals surface area contributed by atoms with Crippen LogP contribution < -0.4 is 5.73 Å². The van der Waals surface area contributed by atoms with Gasteiger partial charge in [0.15, 0.2) is 0 Å². The standard InChI is InChI=1S/C11H21NO/c1-10(4-2-5-10)9(13)11(8-12)6-3-7-11/h9,13H,2-8,12H2,1H3. The topological polar surface area (TPSA) is 46.2 Å². The molecule has 2 fully saturated rings. The van der Waals surface area contributed by atoms with Crippen LogP contribution in [0.25, 0.3) is 0 Å². The second-order valence-corrected chi connectivity index (χ2v) is 5.33. The number of rotatable bonds is 3. The van der Waals surface area contributed by atoms with E-state index in [9.17, 15) is 5.11 Å². The first kappa shape index (κ1) is 9.47. The van der Waals surface area contributed by atoms with E-state index in [4.69, 9.17) is 5.73 Å². The number of aliphatic hydroxyl groups is 1. The van der Waals surface area contributed by atoms with Crippen LogP contribution in [0.1, 0.15) is 45.4 Å². The Hall–Kier alpha value is -0.0800. The maximum absolute atomic E-state index is 10.3. The van der Waals surface area contributed by atoms with Crippen LogP contribution in [-0.4, -0.2) is 17.8 Å². The Morgan fingerprint density at radius 1 is 1.23 bits per heavy atom. The van der Waals surface area contributed by atoms with E-state index >= 15 is 0 Å². The molecule has 76 valence electrons. The van der Waals surface area contributed by atoms with E-state index in [2.05, 4.69) is 6.92 Å². The molecule has 2 saturated carbocycles. The smallest absolute Gasteiger partial charge is 0.0661 e. The molecule has 2 aliphatic carbocycles. The highest BCUT2D eigenvalue weighted by Gasteiger charge is 2.52. The van der Waals surface area contributed by atoms with Gasteiger partial charge in [-0.3, -0.25) is 0 Å². The van der Waals surface area contributed by atoms with E-state index in [-0.39, 0.29) is 16.9 Å². The fourth-order valence-electron chi connectivity index (χ4n) is 2.97. The molecule has 0 saturated heterocycles. The highest BCUT2D eigenvalue weighted by atomic mass is 16.3. The molecule has 0 amide bonds. The van der Waals surface area contributed by atoms with Crippen LogP contribution in [0.5, 0.6) is 0 Å². The van der Waals surface area contributed by atoms with Gasteiger partial charge in [0, 0.05) is 12.0 Å². The first-order valence-electron chi connectivity index (χ1n) is 5.51. The summed E-state index contributed by atoms with van der Waals surface area (Å²) in [5, 5.41) is 10.3. The number of hydrogen-bond acceptors (Lipinski definition) is 2. The van der Waals surface area contributed by atoms with Crippen LogP contribution in [0.3, 0.4) is 0 Å². The van der Waals surface area contributed by atoms with Crippen molar-refractivity contribution in [2.24, 2.45) is 16.6 Å². The van der Waals surface area contributed by atoms with Gasteiger partial charge in [-0.2, -0.15) is 0 Å². The lowest BCUT2D eigenvalue weighted by Crippen LogP contribution is -2.56. The summed E-state index contributed by atoms with van der Waals surface area (Å²) in [5.41, 5.74) is 6.07. The molecule has 1 unspecified atom stereocenters. The molecule has 13 heavy (non-hydrogen) atoms. The lowest BCUT2D eigenvalue weighted by atomic mass is 9.53. The van der Waals surface area contributed by atoms with Gasteiger partial charge in [-0.15, -0.1) is 0 Å². The zero-order chi connectivity index (χ0) is 9.53. The van der Waals surface area contributed by atoms with Gasteiger partial charge in [0.1, 0.15) is 0 Å². The van der Waals surface area contributed by atoms with Gasteiger partial charge >= 0.3 is 0 Å². The molecule has 2 heteroatoms. The van der Waals surface area contributed by atoms with Crippen LogP contribution in [0.2, 0.25) is 0 Å². The van der Waals surface area contributed by atoms with E-state index < -0.39 is 0 Å². The summed E-state index contributed by atoms with van der Waals surface area (Å²) >= 11 is 0. The van der Waals surface area contributed by atoms with Crippen LogP contribution >= 0.6 is 0 Å². The van der Waals surface area contributed by atoms with Gasteiger partial charge in [0.05, 0.1) is 6.10 Å². The minimum atomic E-state index is -0.146. The van der Waals surface area contributed by atoms with Crippen LogP contribution in [0, 0.1) is 10.8 Å². The highest BCUT2D eigenvalue weighted by Crippen LogP contribution is 2.54. The average Bonchev–Trinajstić information content (AvgIpc) is 1.99. The normalized spacial score (nSPS) is 31.6. The molecule has 1 atom stereocenters. The highest BCUT2D eigenvalue weighted by molar-refractivity contribution is 5.03. The molecule has 0 bridgehead atoms. The molecule has 0 aliphatic heterocycles. The van der Waals surface area contributed by atoms with E-state index in [0.717, 1.165) is 12.8 Å². The van der Waals surface area contributed by atoms with Crippen molar-refractivity contribution in [3.05, 3.63) is 0 Å². The Morgan fingerprint density at radius 3 is 2.00 bits per heavy atom. The van der Waals surface area contributed by atoms with Gasteiger partial charge in [0.25, 0.3) is 0 Å². The van der Waals surface area contributed by atoms with Crippen molar-refractivity contribution in [2.75, 3.05) is 6.54 Å². The third kappa shape index (κ3) is 1.23. The van der Waals surface area contributed by atoms with E-state index in [1.54, 1.807) is 0 Å². The number of hydrogen-bond donors (Lipinski definition) is 2. The van der Waals surface area contributed by atoms with Gasteiger partial charge in [0.2, 0.25) is 0 Å². The second-order valence-electron chi connectivity index (χ2n) is 5.33. The van der Waals surface area contributed by atoms with E-state index in [1.807, 2.05) is 0 Å². The summed E-state index contributed by atoms with van der Waals surface area (Å²) in [4.78, 5) is 0. The summed E-state index contributed by atoms with van der Waals surface area (Å²) in [7, 11) is 0. The maximum atomic E-state index is 10.3. The predicted molar refractivity (Wildman–Crippen MR) is 53.3 cm³/mol. The zero-order valence-electron chi connectivity index (χ0n) is 8.55. The van der Waals surface area contributed by atoms with Gasteiger partial charge in [-0.25, -0.2) is 0 Å². The van der Waals surface area contributed by atoms with Gasteiger partial charge in [-0.1, -0.05) is 19.8 Å². The van der Waals surface area contributed by atoms with Crippen molar-refractivity contribution >= 4 is 0 Å². The first-order valence-corrected chi connectivity index (χ1v) is 5.51. The molecule has 2 rings (SSSR count). The third-order valence-corrected chi connectivity index (χ3v) is 4.49. The first-order chi connectivity index (χ1) is 6.13. The van der Waals surface area contributed by atoms with Gasteiger partial charge in [-0.05, 0) is 31.1 Å². The Labute approximate surface area is 80.5 Å². The third-order valence-electron chi connectivity index (χ3n) is 4.49. The molecular formula is C11H21NO. The minimum Gasteiger partial charge on any atom is -0.392 e. The molecule has 0 radical (unpaired) electrons. The summed E-state index contributed by atoms with van der Waals surface area (Å²) in [6.45, 7) is 2.89. The molecule has 0 aromatic heterocycles. The summed E-state index contributed by atoms with van der Waals surface area (Å²) in [6.07, 6.45) is 7.05. The van der Waals surface area contributed by atoms with Crippen LogP contribution in [0.4, 0.5) is 0 Å². The predicted octanol–water partition coefficient (Wildman–Crippen LogP) is 1.67. The Morgan fingerprint density at radius 2 is 1.77 bits per heavy atom. The van der Waals surface area contributed by atoms with Crippen molar-refractivity contribution in [3.63, 3.8) is 0 Å². The van der Waals surface area contributed by atoms with Crippen molar-refractivity contribution in [1.29, 1.82) is 0 Å². The SMILES string of the molecule is CC1(C(O)C2(CN)CCC2)CCC1. The Balaban J connectivity index is 2.06. The van der Waals surface area contributed by atoms with Crippen LogP contribution in [-0.2, 0) is 0 Å². The van der Waals surface area contributed by atoms with Crippen molar-refractivity contribution < 1.29 is 5.11 Å². The quantitative estimate of drug-likeness (QED) is 0.699. The lowest BCUT2D eigenvalue weighted by Gasteiger charge is -2.54. The fourth-order valence-corrected chi connectivity index (χ4v) is 2.97. The van der Waals surface area contributed by atoms with Crippen LogP contribution in [0.15, 0.2) is 0 Å². The maximum Gasteiger partial charge on any atom is 0.0661 e. The molecule has 0 heterocycles. The second kappa shape index (κ2) is 2.96. The molecule has 0 aromatic rings. The molecule has 2 aliphatic rings. The summed E-state index contributed by atoms with van der Waals surface area (Å²) in [5.74, 6) is 0. The Bertz CT molecular complexity index is 189. The van der Waals surface area contributed by atoms with Crippen molar-refractivity contribution in [1.82, 2.24) is 0 Å². The largest absolute Gasteiger partial charge is 0.392 e. The number of aliphatic hydroxyl groups excluding tert-OH is 1. The average molecular weight is 183 g/mol.